The molecular weight excluding hydrogens is 430 g/mol. The topological polar surface area (TPSA) is 156 Å². The minimum Gasteiger partial charge on any atom is -0.508 e. The predicted octanol–water partition coefficient (Wildman–Crippen LogP) is 2.62. The average Bonchev–Trinajstić information content (AvgIpc) is 3.03. The van der Waals surface area contributed by atoms with Crippen molar-refractivity contribution in [3.05, 3.63) is 88.5 Å². The van der Waals surface area contributed by atoms with Crippen LogP contribution in [0.15, 0.2) is 60.7 Å². The Kier molecular flexibility index (Phi) is 4.18. The lowest BCUT2D eigenvalue weighted by atomic mass is 9.77. The second kappa shape index (κ2) is 6.86. The van der Waals surface area contributed by atoms with Crippen LogP contribution in [-0.4, -0.2) is 33.2 Å². The third-order valence-corrected chi connectivity index (χ3v) is 5.60. The number of phenols is 2. The van der Waals surface area contributed by atoms with Gasteiger partial charge in [-0.15, -0.1) is 0 Å². The van der Waals surface area contributed by atoms with E-state index in [4.69, 9.17) is 15.2 Å². The number of carboxylic acid groups (broad SMARTS) is 1. The molecule has 0 unspecified atom stereocenters. The van der Waals surface area contributed by atoms with Gasteiger partial charge in [0.1, 0.15) is 23.0 Å². The molecule has 0 saturated carbocycles. The van der Waals surface area contributed by atoms with Gasteiger partial charge >= 0.3 is 11.9 Å². The molecule has 9 nitrogen and oxygen atoms in total. The van der Waals surface area contributed by atoms with Gasteiger partial charge < -0.3 is 30.5 Å². The van der Waals surface area contributed by atoms with Crippen LogP contribution in [0.3, 0.4) is 0 Å². The summed E-state index contributed by atoms with van der Waals surface area (Å²) in [4.78, 5) is 36.0. The summed E-state index contributed by atoms with van der Waals surface area (Å²) in [5.74, 6) is -2.77. The maximum absolute atomic E-state index is 13.0. The molecule has 3 aromatic rings. The van der Waals surface area contributed by atoms with E-state index >= 15 is 0 Å². The van der Waals surface area contributed by atoms with Gasteiger partial charge in [-0.1, -0.05) is 12.1 Å². The number of hydrogen-bond acceptors (Lipinski definition) is 7. The van der Waals surface area contributed by atoms with Gasteiger partial charge in [0.25, 0.3) is 0 Å². The number of aliphatic carboxylic acids is 1. The second-order valence-electron chi connectivity index (χ2n) is 7.56. The number of aromatic hydroxyl groups is 2. The molecule has 0 fully saturated rings. The fraction of sp³-hybridized carbons (Fsp3) is 0.0417. The molecule has 1 spiro atoms. The van der Waals surface area contributed by atoms with Gasteiger partial charge in [0.05, 0.1) is 11.1 Å². The molecule has 1 amide bonds. The predicted molar refractivity (Wildman–Crippen MR) is 113 cm³/mol. The first-order valence-corrected chi connectivity index (χ1v) is 9.68. The summed E-state index contributed by atoms with van der Waals surface area (Å²) in [7, 11) is 0. The smallest absolute Gasteiger partial charge is 0.340 e. The molecule has 33 heavy (non-hydrogen) atoms. The first-order chi connectivity index (χ1) is 15.7. The largest absolute Gasteiger partial charge is 0.508 e. The number of amides is 1. The number of primary amides is 1. The summed E-state index contributed by atoms with van der Waals surface area (Å²) in [6.07, 6.45) is 0.769. The number of carbonyl (C=O) groups excluding carboxylic acids is 2. The van der Waals surface area contributed by atoms with Crippen molar-refractivity contribution in [1.29, 1.82) is 0 Å². The molecule has 2 heterocycles. The van der Waals surface area contributed by atoms with E-state index in [2.05, 4.69) is 0 Å². The van der Waals surface area contributed by atoms with Crippen molar-refractivity contribution in [2.45, 2.75) is 5.60 Å². The maximum atomic E-state index is 13.0. The maximum Gasteiger partial charge on any atom is 0.340 e. The number of hydrogen-bond donors (Lipinski definition) is 4. The van der Waals surface area contributed by atoms with Crippen molar-refractivity contribution in [2.24, 2.45) is 5.73 Å². The molecule has 0 aliphatic carbocycles. The number of esters is 1. The Hall–Kier alpha value is -4.79. The number of nitrogens with two attached hydrogens (primary N) is 1. The minimum absolute atomic E-state index is 0.0740. The summed E-state index contributed by atoms with van der Waals surface area (Å²) in [5.41, 5.74) is 4.74. The summed E-state index contributed by atoms with van der Waals surface area (Å²) in [5, 5.41) is 29.4. The lowest BCUT2D eigenvalue weighted by molar-refractivity contribution is -0.130. The van der Waals surface area contributed by atoms with Gasteiger partial charge in [0.2, 0.25) is 5.91 Å². The van der Waals surface area contributed by atoms with E-state index in [0.29, 0.717) is 16.7 Å². The molecule has 5 rings (SSSR count). The number of phenolic OH excluding ortho intramolecular Hbond substituents is 2. The quantitative estimate of drug-likeness (QED) is 0.354. The lowest BCUT2D eigenvalue weighted by Gasteiger charge is -2.36. The van der Waals surface area contributed by atoms with E-state index in [0.717, 1.165) is 6.08 Å². The van der Waals surface area contributed by atoms with Crippen molar-refractivity contribution in [3.63, 3.8) is 0 Å². The van der Waals surface area contributed by atoms with Gasteiger partial charge in [0, 0.05) is 34.9 Å². The number of carbonyl (C=O) groups is 3. The fourth-order valence-electron chi connectivity index (χ4n) is 4.28. The van der Waals surface area contributed by atoms with Crippen LogP contribution < -0.4 is 10.5 Å². The van der Waals surface area contributed by atoms with Crippen molar-refractivity contribution >= 4 is 23.4 Å². The second-order valence-corrected chi connectivity index (χ2v) is 7.56. The van der Waals surface area contributed by atoms with E-state index < -0.39 is 23.4 Å². The van der Waals surface area contributed by atoms with Crippen LogP contribution in [-0.2, 0) is 19.9 Å². The Labute approximate surface area is 185 Å². The normalized spacial score (nSPS) is 15.2. The van der Waals surface area contributed by atoms with Crippen LogP contribution in [0.2, 0.25) is 0 Å². The van der Waals surface area contributed by atoms with E-state index in [1.807, 2.05) is 0 Å². The molecule has 0 atom stereocenters. The van der Waals surface area contributed by atoms with Crippen LogP contribution in [0.4, 0.5) is 0 Å². The zero-order valence-corrected chi connectivity index (χ0v) is 16.7. The summed E-state index contributed by atoms with van der Waals surface area (Å²) < 4.78 is 11.8. The van der Waals surface area contributed by atoms with Crippen LogP contribution in [0.1, 0.15) is 32.6 Å². The molecule has 0 bridgehead atoms. The highest BCUT2D eigenvalue weighted by atomic mass is 16.6. The highest BCUT2D eigenvalue weighted by Crippen LogP contribution is 2.57. The molecule has 3 aromatic carbocycles. The molecule has 164 valence electrons. The number of benzene rings is 3. The van der Waals surface area contributed by atoms with Crippen LogP contribution >= 0.6 is 0 Å². The minimum atomic E-state index is -1.47. The van der Waals surface area contributed by atoms with Crippen LogP contribution in [0, 0.1) is 0 Å². The number of rotatable bonds is 3. The lowest BCUT2D eigenvalue weighted by Crippen LogP contribution is -2.32. The molecule has 5 N–H and O–H groups in total. The van der Waals surface area contributed by atoms with Crippen LogP contribution in [0.5, 0.6) is 23.0 Å². The van der Waals surface area contributed by atoms with E-state index in [9.17, 15) is 29.7 Å². The monoisotopic (exact) mass is 445 g/mol. The van der Waals surface area contributed by atoms with Gasteiger partial charge in [-0.2, -0.15) is 0 Å². The van der Waals surface area contributed by atoms with Gasteiger partial charge in [-0.05, 0) is 35.9 Å². The van der Waals surface area contributed by atoms with Crippen molar-refractivity contribution in [2.75, 3.05) is 0 Å². The number of carboxylic acids is 1. The number of fused-ring (bicyclic) bond motifs is 6. The molecule has 0 radical (unpaired) electrons. The summed E-state index contributed by atoms with van der Waals surface area (Å²) in [6.45, 7) is 0. The average molecular weight is 445 g/mol. The Morgan fingerprint density at radius 3 is 2.00 bits per heavy atom. The van der Waals surface area contributed by atoms with E-state index in [-0.39, 0.29) is 39.7 Å². The Bertz CT molecular complexity index is 1370. The highest BCUT2D eigenvalue weighted by Gasteiger charge is 2.53. The molecule has 0 saturated heterocycles. The molecule has 2 aliphatic heterocycles. The first-order valence-electron chi connectivity index (χ1n) is 9.68. The van der Waals surface area contributed by atoms with Crippen LogP contribution in [0.25, 0.3) is 5.57 Å². The van der Waals surface area contributed by atoms with E-state index in [1.54, 1.807) is 12.1 Å². The molecular formula is C24H15NO8. The molecule has 2 aliphatic rings. The SMILES string of the molecule is NC(=O)/C=C(/C(=O)O)c1ccc2c(c1)C(=O)OC21c2ccc(O)cc2Oc2cc(O)ccc21. The third kappa shape index (κ3) is 2.90. The number of ether oxygens (including phenoxy) is 2. The highest BCUT2D eigenvalue weighted by molar-refractivity contribution is 6.20. The van der Waals surface area contributed by atoms with Gasteiger partial charge in [-0.3, -0.25) is 4.79 Å². The molecule has 0 aromatic heterocycles. The molecule has 9 heteroatoms. The Morgan fingerprint density at radius 2 is 1.45 bits per heavy atom. The fourth-order valence-corrected chi connectivity index (χ4v) is 4.28. The Balaban J connectivity index is 1.79. The van der Waals surface area contributed by atoms with Crippen molar-refractivity contribution in [1.82, 2.24) is 0 Å². The van der Waals surface area contributed by atoms with Crippen molar-refractivity contribution < 1.29 is 39.2 Å². The first kappa shape index (κ1) is 20.1. The van der Waals surface area contributed by atoms with E-state index in [1.165, 1.54) is 42.5 Å². The summed E-state index contributed by atoms with van der Waals surface area (Å²) >= 11 is 0. The zero-order valence-electron chi connectivity index (χ0n) is 16.7. The van der Waals surface area contributed by atoms with Gasteiger partial charge in [0.15, 0.2) is 5.60 Å². The summed E-state index contributed by atoms with van der Waals surface area (Å²) in [6, 6.07) is 13.0. The Morgan fingerprint density at radius 1 is 0.879 bits per heavy atom. The standard InChI is InChI=1S/C24H15NO8/c25-21(28)10-14(22(29)30)11-1-4-16-15(7-11)23(31)33-24(16)17-5-2-12(26)8-19(17)32-20-9-13(27)3-6-18(20)24/h1-10,26-27H,(H2,25,28)(H,29,30)/b14-10+. The van der Waals surface area contributed by atoms with Gasteiger partial charge in [-0.25, -0.2) is 9.59 Å². The third-order valence-electron chi connectivity index (χ3n) is 5.60. The zero-order chi connectivity index (χ0) is 23.5. The van der Waals surface area contributed by atoms with Crippen molar-refractivity contribution in [3.8, 4) is 23.0 Å².